The highest BCUT2D eigenvalue weighted by Gasteiger charge is 2.13. The highest BCUT2D eigenvalue weighted by Crippen LogP contribution is 2.31. The number of fused-ring (bicyclic) bond motifs is 1. The van der Waals surface area contributed by atoms with Crippen LogP contribution in [0.15, 0.2) is 57.7 Å². The van der Waals surface area contributed by atoms with E-state index in [2.05, 4.69) is 0 Å². The summed E-state index contributed by atoms with van der Waals surface area (Å²) in [7, 11) is 0. The van der Waals surface area contributed by atoms with E-state index in [4.69, 9.17) is 16.0 Å². The molecule has 0 radical (unpaired) electrons. The summed E-state index contributed by atoms with van der Waals surface area (Å²) in [6.07, 6.45) is 0. The van der Waals surface area contributed by atoms with Gasteiger partial charge >= 0.3 is 5.63 Å². The summed E-state index contributed by atoms with van der Waals surface area (Å²) >= 11 is 5.97. The third kappa shape index (κ3) is 2.02. The fraction of sp³-hybridized carbons (Fsp3) is 0. The van der Waals surface area contributed by atoms with E-state index in [0.717, 1.165) is 0 Å². The molecular weight excluding hydrogens is 267 g/mol. The molecule has 0 saturated carbocycles. The van der Waals surface area contributed by atoms with Gasteiger partial charge in [0.05, 0.1) is 16.0 Å². The van der Waals surface area contributed by atoms with Crippen molar-refractivity contribution in [1.82, 2.24) is 0 Å². The smallest absolute Gasteiger partial charge is 0.344 e. The van der Waals surface area contributed by atoms with Gasteiger partial charge in [-0.3, -0.25) is 0 Å². The summed E-state index contributed by atoms with van der Waals surface area (Å²) in [5, 5.41) is 1.35. The van der Waals surface area contributed by atoms with Crippen LogP contribution in [0.2, 0.25) is 5.02 Å². The molecule has 3 rings (SSSR count). The van der Waals surface area contributed by atoms with E-state index < -0.39 is 11.4 Å². The van der Waals surface area contributed by atoms with Gasteiger partial charge in [-0.25, -0.2) is 9.18 Å². The number of benzene rings is 2. The van der Waals surface area contributed by atoms with Gasteiger partial charge in [0, 0.05) is 0 Å². The SMILES string of the molecule is O=c1oc(-c2c(F)cccc2Cl)cc2ccccc12. The van der Waals surface area contributed by atoms with Crippen molar-refractivity contribution in [2.24, 2.45) is 0 Å². The Labute approximate surface area is 113 Å². The molecule has 0 fully saturated rings. The maximum Gasteiger partial charge on any atom is 0.344 e. The Balaban J connectivity index is 2.35. The third-order valence-corrected chi connectivity index (χ3v) is 3.19. The molecule has 0 bridgehead atoms. The molecule has 3 aromatic rings. The lowest BCUT2D eigenvalue weighted by Gasteiger charge is -2.05. The highest BCUT2D eigenvalue weighted by molar-refractivity contribution is 6.33. The van der Waals surface area contributed by atoms with E-state index in [1.165, 1.54) is 12.1 Å². The Kier molecular flexibility index (Phi) is 2.84. The topological polar surface area (TPSA) is 30.2 Å². The number of halogens is 2. The van der Waals surface area contributed by atoms with Crippen LogP contribution in [0.1, 0.15) is 0 Å². The molecule has 94 valence electrons. The molecule has 0 aliphatic heterocycles. The van der Waals surface area contributed by atoms with E-state index in [1.54, 1.807) is 36.4 Å². The van der Waals surface area contributed by atoms with Crippen molar-refractivity contribution in [3.8, 4) is 11.3 Å². The van der Waals surface area contributed by atoms with Crippen LogP contribution in [-0.2, 0) is 0 Å². The van der Waals surface area contributed by atoms with Crippen LogP contribution in [0, 0.1) is 5.82 Å². The standard InChI is InChI=1S/C15H8ClFO2/c16-11-6-3-7-12(17)14(11)13-8-9-4-1-2-5-10(9)15(18)19-13/h1-8H. The quantitative estimate of drug-likeness (QED) is 0.664. The van der Waals surface area contributed by atoms with E-state index >= 15 is 0 Å². The minimum Gasteiger partial charge on any atom is -0.422 e. The Morgan fingerprint density at radius 1 is 1.05 bits per heavy atom. The largest absolute Gasteiger partial charge is 0.422 e. The van der Waals surface area contributed by atoms with Crippen LogP contribution in [-0.4, -0.2) is 0 Å². The number of hydrogen-bond acceptors (Lipinski definition) is 2. The van der Waals surface area contributed by atoms with Crippen molar-refractivity contribution in [2.45, 2.75) is 0 Å². The molecule has 19 heavy (non-hydrogen) atoms. The molecule has 0 aliphatic carbocycles. The van der Waals surface area contributed by atoms with Crippen molar-refractivity contribution in [3.63, 3.8) is 0 Å². The second kappa shape index (κ2) is 4.52. The first-order chi connectivity index (χ1) is 9.16. The minimum atomic E-state index is -0.522. The van der Waals surface area contributed by atoms with Gasteiger partial charge in [0.2, 0.25) is 0 Å². The van der Waals surface area contributed by atoms with Gasteiger partial charge in [-0.1, -0.05) is 35.9 Å². The monoisotopic (exact) mass is 274 g/mol. The minimum absolute atomic E-state index is 0.104. The van der Waals surface area contributed by atoms with Crippen molar-refractivity contribution >= 4 is 22.4 Å². The van der Waals surface area contributed by atoms with Crippen LogP contribution in [0.5, 0.6) is 0 Å². The van der Waals surface area contributed by atoms with Crippen LogP contribution in [0.3, 0.4) is 0 Å². The molecule has 1 aromatic heterocycles. The highest BCUT2D eigenvalue weighted by atomic mass is 35.5. The van der Waals surface area contributed by atoms with Crippen LogP contribution >= 0.6 is 11.6 Å². The fourth-order valence-corrected chi connectivity index (χ4v) is 2.25. The molecule has 0 spiro atoms. The number of hydrogen-bond donors (Lipinski definition) is 0. The lowest BCUT2D eigenvalue weighted by Crippen LogP contribution is -2.00. The van der Waals surface area contributed by atoms with Crippen molar-refractivity contribution in [2.75, 3.05) is 0 Å². The van der Waals surface area contributed by atoms with E-state index in [0.29, 0.717) is 10.8 Å². The normalized spacial score (nSPS) is 10.8. The molecule has 0 N–H and O–H groups in total. The zero-order valence-corrected chi connectivity index (χ0v) is 10.4. The molecular formula is C15H8ClFO2. The lowest BCUT2D eigenvalue weighted by atomic mass is 10.1. The Morgan fingerprint density at radius 2 is 1.84 bits per heavy atom. The summed E-state index contributed by atoms with van der Waals surface area (Å²) in [5.41, 5.74) is -0.403. The maximum absolute atomic E-state index is 13.8. The van der Waals surface area contributed by atoms with Crippen LogP contribution in [0.4, 0.5) is 4.39 Å². The number of rotatable bonds is 1. The van der Waals surface area contributed by atoms with Crippen molar-refractivity contribution in [3.05, 3.63) is 69.8 Å². The van der Waals surface area contributed by atoms with Gasteiger partial charge in [0.25, 0.3) is 0 Å². The first-order valence-electron chi connectivity index (χ1n) is 5.64. The Hall–Kier alpha value is -2.13. The second-order valence-electron chi connectivity index (χ2n) is 4.08. The Bertz CT molecular complexity index is 803. The molecule has 0 aliphatic rings. The van der Waals surface area contributed by atoms with Gasteiger partial charge < -0.3 is 4.42 Å². The van der Waals surface area contributed by atoms with Gasteiger partial charge in [-0.2, -0.15) is 0 Å². The lowest BCUT2D eigenvalue weighted by molar-refractivity contribution is 0.527. The van der Waals surface area contributed by atoms with E-state index in [1.807, 2.05) is 0 Å². The molecule has 0 saturated heterocycles. The second-order valence-corrected chi connectivity index (χ2v) is 4.49. The van der Waals surface area contributed by atoms with E-state index in [-0.39, 0.29) is 16.3 Å². The van der Waals surface area contributed by atoms with Crippen molar-refractivity contribution in [1.29, 1.82) is 0 Å². The van der Waals surface area contributed by atoms with Gasteiger partial charge in [0.1, 0.15) is 11.6 Å². The molecule has 4 heteroatoms. The Morgan fingerprint density at radius 3 is 2.63 bits per heavy atom. The average molecular weight is 275 g/mol. The molecule has 2 nitrogen and oxygen atoms in total. The predicted molar refractivity (Wildman–Crippen MR) is 72.9 cm³/mol. The first-order valence-corrected chi connectivity index (χ1v) is 6.02. The van der Waals surface area contributed by atoms with Gasteiger partial charge in [0.15, 0.2) is 0 Å². The molecule has 0 unspecified atom stereocenters. The summed E-state index contributed by atoms with van der Waals surface area (Å²) < 4.78 is 19.0. The molecule has 0 amide bonds. The summed E-state index contributed by atoms with van der Waals surface area (Å²) in [5.74, 6) is -0.391. The van der Waals surface area contributed by atoms with Crippen LogP contribution < -0.4 is 5.63 Å². The summed E-state index contributed by atoms with van der Waals surface area (Å²) in [4.78, 5) is 11.9. The fourth-order valence-electron chi connectivity index (χ4n) is 1.99. The molecule has 2 aromatic carbocycles. The van der Waals surface area contributed by atoms with Gasteiger partial charge in [-0.05, 0) is 29.7 Å². The molecule has 1 heterocycles. The van der Waals surface area contributed by atoms with Crippen molar-refractivity contribution < 1.29 is 8.81 Å². The summed E-state index contributed by atoms with van der Waals surface area (Å²) in [6.45, 7) is 0. The van der Waals surface area contributed by atoms with Gasteiger partial charge in [-0.15, -0.1) is 0 Å². The first kappa shape index (κ1) is 11.9. The zero-order chi connectivity index (χ0) is 13.4. The predicted octanol–water partition coefficient (Wildman–Crippen LogP) is 4.25. The average Bonchev–Trinajstić information content (AvgIpc) is 2.38. The maximum atomic E-state index is 13.8. The third-order valence-electron chi connectivity index (χ3n) is 2.88. The molecule has 0 atom stereocenters. The van der Waals surface area contributed by atoms with E-state index in [9.17, 15) is 9.18 Å². The summed E-state index contributed by atoms with van der Waals surface area (Å²) in [6, 6.07) is 12.9. The zero-order valence-electron chi connectivity index (χ0n) is 9.69. The van der Waals surface area contributed by atoms with Crippen LogP contribution in [0.25, 0.3) is 22.1 Å².